The zero-order chi connectivity index (χ0) is 48.6. The lowest BCUT2D eigenvalue weighted by Crippen LogP contribution is -2.71. The van der Waals surface area contributed by atoms with Gasteiger partial charge in [-0.2, -0.15) is 0 Å². The van der Waals surface area contributed by atoms with E-state index in [9.17, 15) is 24.0 Å². The van der Waals surface area contributed by atoms with E-state index in [2.05, 4.69) is 62.4 Å². The molecule has 5 aromatic carbocycles. The van der Waals surface area contributed by atoms with E-state index in [1.807, 2.05) is 115 Å². The van der Waals surface area contributed by atoms with E-state index in [-0.39, 0.29) is 34.6 Å². The molecule has 15 nitrogen and oxygen atoms in total. The van der Waals surface area contributed by atoms with Crippen molar-refractivity contribution in [3.63, 3.8) is 0 Å². The van der Waals surface area contributed by atoms with Crippen LogP contribution in [0.25, 0.3) is 0 Å². The molecule has 4 heterocycles. The summed E-state index contributed by atoms with van der Waals surface area (Å²) in [4.78, 5) is 79.2. The van der Waals surface area contributed by atoms with E-state index in [0.29, 0.717) is 10.7 Å². The summed E-state index contributed by atoms with van der Waals surface area (Å²) in [6, 6.07) is 47.6. The number of β-lactam (4-membered cyclic amide) rings is 1. The summed E-state index contributed by atoms with van der Waals surface area (Å²) in [6.45, 7) is 1.92. The molecule has 1 fully saturated rings. The van der Waals surface area contributed by atoms with Crippen molar-refractivity contribution >= 4 is 63.5 Å². The van der Waals surface area contributed by atoms with Crippen molar-refractivity contribution in [2.45, 2.75) is 41.7 Å². The Labute approximate surface area is 414 Å². The topological polar surface area (TPSA) is 190 Å². The van der Waals surface area contributed by atoms with Crippen LogP contribution in [0.2, 0.25) is 0 Å². The summed E-state index contributed by atoms with van der Waals surface area (Å²) in [7, 11) is 1.32. The van der Waals surface area contributed by atoms with Crippen LogP contribution in [0.5, 0.6) is 0 Å². The molecule has 2 aliphatic heterocycles. The van der Waals surface area contributed by atoms with Gasteiger partial charge in [0.2, 0.25) is 0 Å². The molecule has 70 heavy (non-hydrogen) atoms. The highest BCUT2D eigenvalue weighted by Gasteiger charge is 2.55. The van der Waals surface area contributed by atoms with Gasteiger partial charge in [0, 0.05) is 17.7 Å². The van der Waals surface area contributed by atoms with E-state index >= 15 is 0 Å². The summed E-state index contributed by atoms with van der Waals surface area (Å²) in [5.74, 6) is -1.79. The van der Waals surface area contributed by atoms with Gasteiger partial charge in [0.25, 0.3) is 11.8 Å². The number of ether oxygens (including phenoxy) is 1. The van der Waals surface area contributed by atoms with Crippen LogP contribution in [0.4, 0.5) is 5.13 Å². The molecule has 2 aliphatic rings. The van der Waals surface area contributed by atoms with Crippen LogP contribution in [-0.4, -0.2) is 72.4 Å². The number of hydrogen-bond acceptors (Lipinski definition) is 14. The third-order valence-electron chi connectivity index (χ3n) is 11.6. The van der Waals surface area contributed by atoms with E-state index < -0.39 is 52.0 Å². The average molecular weight is 989 g/mol. The Morgan fingerprint density at radius 3 is 1.96 bits per heavy atom. The standard InChI is InChI=1S/C52H44N8O7S3/c1-3-59-47(64)45(62)56-57-51(59)68-30-29-35-31-69-48-41(46(63)60(48)42(35)49(65)67-43(33-19-9-4-10-20-33)34-21-11-5-12-22-34)54-44(61)40(58-66-2)39-32-70-50(53-39)55-52(36-23-13-6-14-24-36,37-25-15-7-16-26-37)38-27-17-8-18-28-38/h4-30,32,41,43,48H,3,31H2,1-2H3,(H,53,55)(H,54,61)(H,56,62)/b30-29+,58-40+. The molecular formula is C52H44N8O7S3. The Morgan fingerprint density at radius 1 is 0.857 bits per heavy atom. The van der Waals surface area contributed by atoms with Crippen LogP contribution in [0.3, 0.4) is 0 Å². The summed E-state index contributed by atoms with van der Waals surface area (Å²) in [5, 5.41) is 20.3. The van der Waals surface area contributed by atoms with E-state index in [0.717, 1.165) is 39.6 Å². The quantitative estimate of drug-likeness (QED) is 0.0156. The summed E-state index contributed by atoms with van der Waals surface area (Å²) in [6.07, 6.45) is 0.829. The first-order valence-corrected chi connectivity index (χ1v) is 24.9. The maximum atomic E-state index is 14.6. The lowest BCUT2D eigenvalue weighted by atomic mass is 9.77. The fourth-order valence-corrected chi connectivity index (χ4v) is 11.2. The van der Waals surface area contributed by atoms with Crippen molar-refractivity contribution in [3.05, 3.63) is 234 Å². The Balaban J connectivity index is 1.00. The number of carbonyl (C=O) groups excluding carboxylic acids is 3. The van der Waals surface area contributed by atoms with Gasteiger partial charge in [-0.05, 0) is 51.8 Å². The lowest BCUT2D eigenvalue weighted by Gasteiger charge is -2.49. The molecule has 7 aromatic rings. The van der Waals surface area contributed by atoms with Crippen molar-refractivity contribution in [2.24, 2.45) is 5.16 Å². The monoisotopic (exact) mass is 988 g/mol. The van der Waals surface area contributed by atoms with Gasteiger partial charge in [-0.3, -0.25) is 28.6 Å². The number of thioether (sulfide) groups is 2. The minimum Gasteiger partial charge on any atom is -0.448 e. The SMILES string of the molecule is CCn1c(S/C=C/C2=C(C(=O)OC(c3ccccc3)c3ccccc3)N3C(=O)C(NC(=O)/C(=N/OC)c4csc(NC(c5ccccc5)(c5ccccc5)c5ccccc5)n4)C3SC2)n[nH]c(=O)c1=O. The number of aromatic nitrogens is 4. The first-order chi connectivity index (χ1) is 34.2. The van der Waals surface area contributed by atoms with Crippen LogP contribution in [0.15, 0.2) is 200 Å². The Kier molecular flexibility index (Phi) is 14.3. The number of aromatic amines is 1. The number of carbonyl (C=O) groups is 3. The Morgan fingerprint density at radius 2 is 1.41 bits per heavy atom. The van der Waals surface area contributed by atoms with Crippen LogP contribution in [0.1, 0.15) is 46.5 Å². The van der Waals surface area contributed by atoms with Gasteiger partial charge in [-0.25, -0.2) is 14.9 Å². The fraction of sp³-hybridized carbons (Fsp3) is 0.154. The number of nitrogens with zero attached hydrogens (tertiary/aromatic N) is 5. The zero-order valence-corrected chi connectivity index (χ0v) is 40.1. The van der Waals surface area contributed by atoms with Gasteiger partial charge in [-0.1, -0.05) is 169 Å². The third kappa shape index (κ3) is 9.48. The van der Waals surface area contributed by atoms with Crippen LogP contribution in [0, 0.1) is 0 Å². The molecule has 0 bridgehead atoms. The van der Waals surface area contributed by atoms with E-state index in [4.69, 9.17) is 14.6 Å². The third-order valence-corrected chi connectivity index (χ3v) is 14.5. The maximum Gasteiger partial charge on any atom is 0.356 e. The van der Waals surface area contributed by atoms with Gasteiger partial charge < -0.3 is 20.2 Å². The predicted octanol–water partition coefficient (Wildman–Crippen LogP) is 7.46. The number of allylic oxidation sites excluding steroid dienone is 1. The molecule has 3 N–H and O–H groups in total. The number of benzene rings is 5. The molecule has 1 saturated heterocycles. The molecular weight excluding hydrogens is 945 g/mol. The van der Waals surface area contributed by atoms with Crippen molar-refractivity contribution in [1.82, 2.24) is 30.0 Å². The molecule has 2 unspecified atom stereocenters. The molecule has 2 amide bonds. The second-order valence-electron chi connectivity index (χ2n) is 15.8. The molecule has 18 heteroatoms. The minimum atomic E-state index is -1.07. The predicted molar refractivity (Wildman–Crippen MR) is 271 cm³/mol. The molecule has 0 spiro atoms. The highest BCUT2D eigenvalue weighted by Crippen LogP contribution is 2.43. The number of oxime groups is 1. The maximum absolute atomic E-state index is 14.6. The largest absolute Gasteiger partial charge is 0.448 e. The smallest absolute Gasteiger partial charge is 0.356 e. The first kappa shape index (κ1) is 47.3. The summed E-state index contributed by atoms with van der Waals surface area (Å²) < 4.78 is 7.55. The molecule has 9 rings (SSSR count). The van der Waals surface area contributed by atoms with Gasteiger partial charge >= 0.3 is 17.1 Å². The molecule has 0 saturated carbocycles. The minimum absolute atomic E-state index is 0.00463. The Bertz CT molecular complexity index is 3090. The van der Waals surface area contributed by atoms with Gasteiger partial charge in [0.15, 0.2) is 22.1 Å². The average Bonchev–Trinajstić information content (AvgIpc) is 3.87. The highest BCUT2D eigenvalue weighted by atomic mass is 32.2. The van der Waals surface area contributed by atoms with Crippen LogP contribution < -0.4 is 21.8 Å². The number of rotatable bonds is 17. The fourth-order valence-electron chi connectivity index (χ4n) is 8.36. The van der Waals surface area contributed by atoms with Crippen molar-refractivity contribution in [2.75, 3.05) is 18.2 Å². The van der Waals surface area contributed by atoms with Crippen molar-refractivity contribution < 1.29 is 24.0 Å². The zero-order valence-electron chi connectivity index (χ0n) is 37.6. The van der Waals surface area contributed by atoms with Gasteiger partial charge in [0.05, 0.1) is 0 Å². The second kappa shape index (κ2) is 21.2. The second-order valence-corrected chi connectivity index (χ2v) is 18.6. The molecule has 2 atom stereocenters. The normalized spacial score (nSPS) is 15.9. The summed E-state index contributed by atoms with van der Waals surface area (Å²) in [5.41, 5.74) is 2.34. The number of thiazole rings is 1. The van der Waals surface area contributed by atoms with Crippen LogP contribution in [-0.2, 0) is 36.0 Å². The molecule has 2 aromatic heterocycles. The number of anilines is 1. The number of fused-ring (bicyclic) bond motifs is 1. The van der Waals surface area contributed by atoms with Gasteiger partial charge in [-0.15, -0.1) is 28.2 Å². The number of nitrogens with one attached hydrogen (secondary N) is 3. The number of hydrogen-bond donors (Lipinski definition) is 3. The van der Waals surface area contributed by atoms with E-state index in [1.165, 1.54) is 39.7 Å². The number of amides is 2. The lowest BCUT2D eigenvalue weighted by molar-refractivity contribution is -0.154. The van der Waals surface area contributed by atoms with Crippen LogP contribution >= 0.6 is 34.9 Å². The molecule has 0 aliphatic carbocycles. The van der Waals surface area contributed by atoms with Crippen molar-refractivity contribution in [3.8, 4) is 0 Å². The number of H-pyrrole nitrogens is 1. The van der Waals surface area contributed by atoms with Gasteiger partial charge in [0.1, 0.15) is 35.5 Å². The van der Waals surface area contributed by atoms with Crippen molar-refractivity contribution in [1.29, 1.82) is 0 Å². The molecule has 0 radical (unpaired) electrons. The Hall–Kier alpha value is -7.80. The molecule has 352 valence electrons. The van der Waals surface area contributed by atoms with E-state index in [1.54, 1.807) is 23.8 Å². The number of esters is 1. The first-order valence-electron chi connectivity index (χ1n) is 22.1. The summed E-state index contributed by atoms with van der Waals surface area (Å²) >= 11 is 3.68. The highest BCUT2D eigenvalue weighted by molar-refractivity contribution is 8.02.